The van der Waals surface area contributed by atoms with Crippen molar-refractivity contribution in [1.82, 2.24) is 9.55 Å². The van der Waals surface area contributed by atoms with Gasteiger partial charge in [0.1, 0.15) is 5.82 Å². The SMILES string of the molecule is Cc1ccc2c(NCC(F)F)nc(=O)n(-c3ccccc3Cl)c2c1. The third-order valence-corrected chi connectivity index (χ3v) is 3.88. The molecule has 0 atom stereocenters. The van der Waals surface area contributed by atoms with Gasteiger partial charge in [0, 0.05) is 5.39 Å². The molecule has 1 N–H and O–H groups in total. The molecule has 1 heterocycles. The van der Waals surface area contributed by atoms with E-state index in [9.17, 15) is 13.6 Å². The number of anilines is 1. The highest BCUT2D eigenvalue weighted by atomic mass is 35.5. The first kappa shape index (κ1) is 16.4. The van der Waals surface area contributed by atoms with Crippen LogP contribution in [0, 0.1) is 6.92 Å². The fourth-order valence-corrected chi connectivity index (χ4v) is 2.73. The Labute approximate surface area is 141 Å². The molecule has 2 aromatic carbocycles. The molecule has 0 bridgehead atoms. The second kappa shape index (κ2) is 6.57. The molecule has 1 aromatic heterocycles. The second-order valence-corrected chi connectivity index (χ2v) is 5.73. The lowest BCUT2D eigenvalue weighted by Crippen LogP contribution is -2.24. The van der Waals surface area contributed by atoms with Crippen LogP contribution in [0.5, 0.6) is 0 Å². The molecular formula is C17H14ClF2N3O. The Morgan fingerprint density at radius 1 is 1.25 bits per heavy atom. The summed E-state index contributed by atoms with van der Waals surface area (Å²) in [7, 11) is 0. The highest BCUT2D eigenvalue weighted by Gasteiger charge is 2.15. The van der Waals surface area contributed by atoms with Gasteiger partial charge in [-0.25, -0.2) is 13.6 Å². The summed E-state index contributed by atoms with van der Waals surface area (Å²) in [5.74, 6) is 0.138. The average Bonchev–Trinajstić information content (AvgIpc) is 2.53. The Morgan fingerprint density at radius 3 is 2.71 bits per heavy atom. The zero-order valence-electron chi connectivity index (χ0n) is 12.8. The minimum absolute atomic E-state index is 0.138. The van der Waals surface area contributed by atoms with Gasteiger partial charge in [-0.2, -0.15) is 4.98 Å². The van der Waals surface area contributed by atoms with Gasteiger partial charge in [0.05, 0.1) is 22.8 Å². The first-order valence-corrected chi connectivity index (χ1v) is 7.65. The van der Waals surface area contributed by atoms with Gasteiger partial charge in [-0.1, -0.05) is 29.8 Å². The molecule has 0 fully saturated rings. The fraction of sp³-hybridized carbons (Fsp3) is 0.176. The maximum absolute atomic E-state index is 12.5. The maximum Gasteiger partial charge on any atom is 0.354 e. The van der Waals surface area contributed by atoms with E-state index in [1.165, 1.54) is 4.57 Å². The molecule has 0 amide bonds. The molecule has 0 saturated heterocycles. The number of hydrogen-bond acceptors (Lipinski definition) is 3. The Balaban J connectivity index is 2.30. The Morgan fingerprint density at radius 2 is 2.00 bits per heavy atom. The van der Waals surface area contributed by atoms with Crippen LogP contribution < -0.4 is 11.0 Å². The molecule has 4 nitrogen and oxygen atoms in total. The molecule has 3 rings (SSSR count). The van der Waals surface area contributed by atoms with Gasteiger partial charge in [0.15, 0.2) is 0 Å². The van der Waals surface area contributed by atoms with Crippen LogP contribution in [0.2, 0.25) is 5.02 Å². The molecule has 24 heavy (non-hydrogen) atoms. The van der Waals surface area contributed by atoms with Crippen molar-refractivity contribution in [3.8, 4) is 5.69 Å². The third-order valence-electron chi connectivity index (χ3n) is 3.57. The minimum Gasteiger partial charge on any atom is -0.364 e. The lowest BCUT2D eigenvalue weighted by Gasteiger charge is -2.15. The van der Waals surface area contributed by atoms with Crippen molar-refractivity contribution in [3.05, 3.63) is 63.5 Å². The number of aryl methyl sites for hydroxylation is 1. The van der Waals surface area contributed by atoms with Crippen LogP contribution in [0.3, 0.4) is 0 Å². The van der Waals surface area contributed by atoms with Gasteiger partial charge in [-0.15, -0.1) is 0 Å². The van der Waals surface area contributed by atoms with E-state index >= 15 is 0 Å². The van der Waals surface area contributed by atoms with E-state index < -0.39 is 18.7 Å². The predicted molar refractivity (Wildman–Crippen MR) is 91.6 cm³/mol. The summed E-state index contributed by atoms with van der Waals surface area (Å²) in [4.78, 5) is 16.5. The molecule has 0 saturated carbocycles. The van der Waals surface area contributed by atoms with Crippen molar-refractivity contribution in [2.45, 2.75) is 13.3 Å². The molecular weight excluding hydrogens is 336 g/mol. The first-order valence-electron chi connectivity index (χ1n) is 7.27. The Hall–Kier alpha value is -2.47. The summed E-state index contributed by atoms with van der Waals surface area (Å²) in [5.41, 5.74) is 1.39. The number of nitrogens with zero attached hydrogens (tertiary/aromatic N) is 2. The minimum atomic E-state index is -2.54. The zero-order chi connectivity index (χ0) is 17.3. The van der Waals surface area contributed by atoms with Crippen molar-refractivity contribution in [2.75, 3.05) is 11.9 Å². The van der Waals surface area contributed by atoms with Crippen molar-refractivity contribution < 1.29 is 8.78 Å². The van der Waals surface area contributed by atoms with Crippen LogP contribution in [0.25, 0.3) is 16.6 Å². The monoisotopic (exact) mass is 349 g/mol. The van der Waals surface area contributed by atoms with E-state index in [1.54, 1.807) is 36.4 Å². The van der Waals surface area contributed by atoms with Gasteiger partial charge < -0.3 is 5.32 Å². The van der Waals surface area contributed by atoms with Crippen molar-refractivity contribution >= 4 is 28.3 Å². The molecule has 0 spiro atoms. The highest BCUT2D eigenvalue weighted by Crippen LogP contribution is 2.26. The number of nitrogens with one attached hydrogen (secondary N) is 1. The van der Waals surface area contributed by atoms with Crippen molar-refractivity contribution in [1.29, 1.82) is 0 Å². The van der Waals surface area contributed by atoms with Gasteiger partial charge in [-0.05, 0) is 36.8 Å². The highest BCUT2D eigenvalue weighted by molar-refractivity contribution is 6.32. The number of aromatic nitrogens is 2. The second-order valence-electron chi connectivity index (χ2n) is 5.32. The number of rotatable bonds is 4. The lowest BCUT2D eigenvalue weighted by molar-refractivity contribution is 0.163. The van der Waals surface area contributed by atoms with E-state index in [2.05, 4.69) is 10.3 Å². The third kappa shape index (κ3) is 3.10. The standard InChI is InChI=1S/C17H14ClF2N3O/c1-10-6-7-11-14(8-10)23(13-5-3-2-4-12(13)18)17(24)22-16(11)21-9-15(19)20/h2-8,15H,9H2,1H3,(H,21,22,24). The summed E-state index contributed by atoms with van der Waals surface area (Å²) in [6, 6.07) is 12.3. The van der Waals surface area contributed by atoms with Crippen molar-refractivity contribution in [3.63, 3.8) is 0 Å². The number of fused-ring (bicyclic) bond motifs is 1. The summed E-state index contributed by atoms with van der Waals surface area (Å²) in [6.45, 7) is 1.30. The summed E-state index contributed by atoms with van der Waals surface area (Å²) >= 11 is 6.21. The number of alkyl halides is 2. The smallest absolute Gasteiger partial charge is 0.354 e. The number of hydrogen-bond donors (Lipinski definition) is 1. The largest absolute Gasteiger partial charge is 0.364 e. The van der Waals surface area contributed by atoms with Gasteiger partial charge in [-0.3, -0.25) is 4.57 Å². The van der Waals surface area contributed by atoms with Gasteiger partial charge >= 0.3 is 5.69 Å². The van der Waals surface area contributed by atoms with E-state index in [1.807, 2.05) is 13.0 Å². The van der Waals surface area contributed by atoms with E-state index in [4.69, 9.17) is 11.6 Å². The van der Waals surface area contributed by atoms with Crippen LogP contribution >= 0.6 is 11.6 Å². The number of benzene rings is 2. The van der Waals surface area contributed by atoms with Crippen LogP contribution in [-0.2, 0) is 0 Å². The van der Waals surface area contributed by atoms with E-state index in [0.717, 1.165) is 5.56 Å². The van der Waals surface area contributed by atoms with Crippen LogP contribution in [0.4, 0.5) is 14.6 Å². The Kier molecular flexibility index (Phi) is 4.49. The van der Waals surface area contributed by atoms with Crippen LogP contribution in [-0.4, -0.2) is 22.5 Å². The molecule has 7 heteroatoms. The van der Waals surface area contributed by atoms with E-state index in [0.29, 0.717) is 21.6 Å². The quantitative estimate of drug-likeness (QED) is 0.773. The molecule has 0 aliphatic rings. The van der Waals surface area contributed by atoms with Crippen molar-refractivity contribution in [2.24, 2.45) is 0 Å². The first-order chi connectivity index (χ1) is 11.5. The van der Waals surface area contributed by atoms with Gasteiger partial charge in [0.2, 0.25) is 0 Å². The van der Waals surface area contributed by atoms with Gasteiger partial charge in [0.25, 0.3) is 6.43 Å². The molecule has 124 valence electrons. The lowest BCUT2D eigenvalue weighted by atomic mass is 10.1. The Bertz CT molecular complexity index is 956. The van der Waals surface area contributed by atoms with Crippen LogP contribution in [0.15, 0.2) is 47.3 Å². The normalized spacial score (nSPS) is 11.2. The maximum atomic E-state index is 12.5. The summed E-state index contributed by atoms with van der Waals surface area (Å²) in [6.07, 6.45) is -2.54. The topological polar surface area (TPSA) is 46.9 Å². The van der Waals surface area contributed by atoms with Crippen LogP contribution in [0.1, 0.15) is 5.56 Å². The summed E-state index contributed by atoms with van der Waals surface area (Å²) < 4.78 is 26.4. The molecule has 0 radical (unpaired) electrons. The fourth-order valence-electron chi connectivity index (χ4n) is 2.51. The molecule has 0 aliphatic carbocycles. The molecule has 0 unspecified atom stereocenters. The zero-order valence-corrected chi connectivity index (χ0v) is 13.5. The van der Waals surface area contributed by atoms with E-state index in [-0.39, 0.29) is 5.82 Å². The molecule has 0 aliphatic heterocycles. The number of halogens is 3. The predicted octanol–water partition coefficient (Wildman–Crippen LogP) is 4.02. The average molecular weight is 350 g/mol. The molecule has 3 aromatic rings. The summed E-state index contributed by atoms with van der Waals surface area (Å²) in [5, 5.41) is 3.50. The number of para-hydroxylation sites is 1.